The van der Waals surface area contributed by atoms with E-state index in [9.17, 15) is 0 Å². The lowest BCUT2D eigenvalue weighted by atomic mass is 10.4. The average Bonchev–Trinajstić information content (AvgIpc) is 2.67. The number of hydrogen-bond donors (Lipinski definition) is 0. The summed E-state index contributed by atoms with van der Waals surface area (Å²) in [6.07, 6.45) is 1.60. The molecule has 0 N–H and O–H groups in total. The Balaban J connectivity index is 1.98. The topological polar surface area (TPSA) is 35.3 Å². The second kappa shape index (κ2) is 4.15. The number of rotatable bonds is 3. The molecule has 0 saturated carbocycles. The van der Waals surface area contributed by atoms with E-state index in [1.54, 1.807) is 24.5 Å². The predicted molar refractivity (Wildman–Crippen MR) is 52.3 cm³/mol. The molecule has 0 amide bonds. The van der Waals surface area contributed by atoms with Gasteiger partial charge in [0, 0.05) is 6.07 Å². The lowest BCUT2D eigenvalue weighted by molar-refractivity contribution is 0.260. The first-order valence-corrected chi connectivity index (χ1v) is 4.50. The summed E-state index contributed by atoms with van der Waals surface area (Å²) < 4.78 is 10.4. The van der Waals surface area contributed by atoms with Crippen molar-refractivity contribution >= 4 is 11.6 Å². The molecular formula is C10H8ClNO2. The molecule has 0 bridgehead atoms. The largest absolute Gasteiger partial charge is 0.469 e. The minimum absolute atomic E-state index is 0.361. The maximum absolute atomic E-state index is 5.69. The Morgan fingerprint density at radius 2 is 2.21 bits per heavy atom. The molecule has 0 spiro atoms. The van der Waals surface area contributed by atoms with E-state index in [1.807, 2.05) is 12.1 Å². The van der Waals surface area contributed by atoms with Gasteiger partial charge in [-0.2, -0.15) is 0 Å². The monoisotopic (exact) mass is 209 g/mol. The van der Waals surface area contributed by atoms with Gasteiger partial charge < -0.3 is 9.15 Å². The third-order valence-electron chi connectivity index (χ3n) is 1.63. The number of pyridine rings is 1. The Bertz CT molecular complexity index is 400. The molecule has 3 nitrogen and oxygen atoms in total. The van der Waals surface area contributed by atoms with Crippen molar-refractivity contribution in [3.63, 3.8) is 0 Å². The molecule has 0 radical (unpaired) electrons. The molecule has 0 aromatic carbocycles. The van der Waals surface area contributed by atoms with E-state index in [1.165, 1.54) is 0 Å². The van der Waals surface area contributed by atoms with E-state index in [2.05, 4.69) is 4.98 Å². The molecule has 2 rings (SSSR count). The summed E-state index contributed by atoms with van der Waals surface area (Å²) in [7, 11) is 0. The van der Waals surface area contributed by atoms with Crippen molar-refractivity contribution in [1.82, 2.24) is 4.98 Å². The van der Waals surface area contributed by atoms with Crippen LogP contribution in [0.25, 0.3) is 0 Å². The van der Waals surface area contributed by atoms with Gasteiger partial charge in [-0.25, -0.2) is 4.98 Å². The van der Waals surface area contributed by atoms with Crippen LogP contribution in [0.2, 0.25) is 5.15 Å². The van der Waals surface area contributed by atoms with Crippen LogP contribution in [0.4, 0.5) is 0 Å². The van der Waals surface area contributed by atoms with Crippen molar-refractivity contribution < 1.29 is 9.15 Å². The van der Waals surface area contributed by atoms with E-state index in [0.717, 1.165) is 5.76 Å². The first-order chi connectivity index (χ1) is 6.84. The molecule has 0 aliphatic rings. The van der Waals surface area contributed by atoms with E-state index < -0.39 is 0 Å². The highest BCUT2D eigenvalue weighted by Crippen LogP contribution is 2.13. The highest BCUT2D eigenvalue weighted by molar-refractivity contribution is 6.29. The van der Waals surface area contributed by atoms with Crippen molar-refractivity contribution in [3.8, 4) is 5.88 Å². The van der Waals surface area contributed by atoms with Crippen LogP contribution in [0.1, 0.15) is 5.76 Å². The summed E-state index contributed by atoms with van der Waals surface area (Å²) in [6.45, 7) is 0.361. The van der Waals surface area contributed by atoms with Crippen LogP contribution >= 0.6 is 11.6 Å². The molecule has 0 saturated heterocycles. The SMILES string of the molecule is Clc1cccc(OCc2ccco2)n1. The fourth-order valence-electron chi connectivity index (χ4n) is 1.01. The van der Waals surface area contributed by atoms with Gasteiger partial charge in [-0.05, 0) is 18.2 Å². The number of aromatic nitrogens is 1. The Morgan fingerprint density at radius 3 is 2.93 bits per heavy atom. The molecule has 0 unspecified atom stereocenters. The van der Waals surface area contributed by atoms with Crippen LogP contribution in [-0.4, -0.2) is 4.98 Å². The van der Waals surface area contributed by atoms with Crippen LogP contribution in [0.15, 0.2) is 41.0 Å². The fraction of sp³-hybridized carbons (Fsp3) is 0.100. The van der Waals surface area contributed by atoms with E-state index in [0.29, 0.717) is 17.6 Å². The van der Waals surface area contributed by atoms with Gasteiger partial charge in [0.2, 0.25) is 5.88 Å². The highest BCUT2D eigenvalue weighted by atomic mass is 35.5. The molecule has 2 aromatic heterocycles. The van der Waals surface area contributed by atoms with Crippen molar-refractivity contribution in [2.24, 2.45) is 0 Å². The predicted octanol–water partition coefficient (Wildman–Crippen LogP) is 2.91. The molecule has 2 heterocycles. The van der Waals surface area contributed by atoms with Gasteiger partial charge in [0.1, 0.15) is 17.5 Å². The molecule has 0 fully saturated rings. The van der Waals surface area contributed by atoms with Crippen LogP contribution in [0.5, 0.6) is 5.88 Å². The maximum atomic E-state index is 5.69. The Hall–Kier alpha value is -1.48. The first kappa shape index (κ1) is 9.09. The zero-order chi connectivity index (χ0) is 9.80. The summed E-state index contributed by atoms with van der Waals surface area (Å²) >= 11 is 5.69. The second-order valence-corrected chi connectivity index (χ2v) is 3.05. The molecular weight excluding hydrogens is 202 g/mol. The minimum Gasteiger partial charge on any atom is -0.469 e. The zero-order valence-corrected chi connectivity index (χ0v) is 8.07. The van der Waals surface area contributed by atoms with Gasteiger partial charge in [0.25, 0.3) is 0 Å². The number of ether oxygens (including phenoxy) is 1. The molecule has 0 atom stereocenters. The van der Waals surface area contributed by atoms with Gasteiger partial charge in [-0.15, -0.1) is 0 Å². The molecule has 4 heteroatoms. The summed E-state index contributed by atoms with van der Waals surface area (Å²) in [5.74, 6) is 1.25. The fourth-order valence-corrected chi connectivity index (χ4v) is 1.17. The number of furan rings is 1. The van der Waals surface area contributed by atoms with Gasteiger partial charge in [-0.1, -0.05) is 17.7 Å². The summed E-state index contributed by atoms with van der Waals surface area (Å²) in [5.41, 5.74) is 0. The highest BCUT2D eigenvalue weighted by Gasteiger charge is 1.99. The van der Waals surface area contributed by atoms with Gasteiger partial charge in [0.05, 0.1) is 6.26 Å². The van der Waals surface area contributed by atoms with Gasteiger partial charge >= 0.3 is 0 Å². The summed E-state index contributed by atoms with van der Waals surface area (Å²) in [4.78, 5) is 3.97. The molecule has 0 aliphatic heterocycles. The molecule has 14 heavy (non-hydrogen) atoms. The van der Waals surface area contributed by atoms with Crippen LogP contribution in [0, 0.1) is 0 Å². The summed E-state index contributed by atoms with van der Waals surface area (Å²) in [5, 5.41) is 0.418. The molecule has 0 aliphatic carbocycles. The minimum atomic E-state index is 0.361. The van der Waals surface area contributed by atoms with Crippen molar-refractivity contribution in [3.05, 3.63) is 47.5 Å². The van der Waals surface area contributed by atoms with Crippen molar-refractivity contribution in [1.29, 1.82) is 0 Å². The first-order valence-electron chi connectivity index (χ1n) is 4.12. The average molecular weight is 210 g/mol. The Labute approximate surface area is 86.3 Å². The van der Waals surface area contributed by atoms with Crippen molar-refractivity contribution in [2.75, 3.05) is 0 Å². The van der Waals surface area contributed by atoms with E-state index in [4.69, 9.17) is 20.8 Å². The van der Waals surface area contributed by atoms with Gasteiger partial charge in [0.15, 0.2) is 0 Å². The Morgan fingerprint density at radius 1 is 1.29 bits per heavy atom. The number of halogens is 1. The standard InChI is InChI=1S/C10H8ClNO2/c11-9-4-1-5-10(12-9)14-7-8-3-2-6-13-8/h1-6H,7H2. The second-order valence-electron chi connectivity index (χ2n) is 2.67. The summed E-state index contributed by atoms with van der Waals surface area (Å²) in [6, 6.07) is 8.87. The molecule has 2 aromatic rings. The van der Waals surface area contributed by atoms with E-state index >= 15 is 0 Å². The number of nitrogens with zero attached hydrogens (tertiary/aromatic N) is 1. The third kappa shape index (κ3) is 2.26. The van der Waals surface area contributed by atoms with Crippen LogP contribution in [-0.2, 0) is 6.61 Å². The Kier molecular flexibility index (Phi) is 2.70. The van der Waals surface area contributed by atoms with Gasteiger partial charge in [-0.3, -0.25) is 0 Å². The maximum Gasteiger partial charge on any atom is 0.215 e. The lowest BCUT2D eigenvalue weighted by Crippen LogP contribution is -1.95. The third-order valence-corrected chi connectivity index (χ3v) is 1.84. The number of hydrogen-bond acceptors (Lipinski definition) is 3. The van der Waals surface area contributed by atoms with Crippen LogP contribution in [0.3, 0.4) is 0 Å². The quantitative estimate of drug-likeness (QED) is 0.730. The van der Waals surface area contributed by atoms with E-state index in [-0.39, 0.29) is 0 Å². The lowest BCUT2D eigenvalue weighted by Gasteiger charge is -2.02. The zero-order valence-electron chi connectivity index (χ0n) is 7.31. The van der Waals surface area contributed by atoms with Crippen LogP contribution < -0.4 is 4.74 Å². The van der Waals surface area contributed by atoms with Crippen molar-refractivity contribution in [2.45, 2.75) is 6.61 Å². The molecule has 72 valence electrons. The smallest absolute Gasteiger partial charge is 0.215 e. The normalized spacial score (nSPS) is 10.1.